The van der Waals surface area contributed by atoms with Crippen LogP contribution in [0.1, 0.15) is 17.3 Å². The van der Waals surface area contributed by atoms with Gasteiger partial charge in [0, 0.05) is 22.8 Å². The van der Waals surface area contributed by atoms with E-state index in [1.165, 1.54) is 30.0 Å². The molecule has 11 heteroatoms. The van der Waals surface area contributed by atoms with Crippen LogP contribution in [0.5, 0.6) is 0 Å². The van der Waals surface area contributed by atoms with Gasteiger partial charge in [-0.15, -0.1) is 10.2 Å². The summed E-state index contributed by atoms with van der Waals surface area (Å²) in [4.78, 5) is 35.5. The summed E-state index contributed by atoms with van der Waals surface area (Å²) in [7, 11) is 0. The van der Waals surface area contributed by atoms with E-state index in [0.717, 1.165) is 0 Å². The van der Waals surface area contributed by atoms with Crippen molar-refractivity contribution in [1.82, 2.24) is 10.2 Å². The number of nitrogens with one attached hydrogen (secondary N) is 3. The van der Waals surface area contributed by atoms with E-state index in [0.29, 0.717) is 30.9 Å². The normalized spacial score (nSPS) is 10.3. The monoisotopic (exact) mass is 505 g/mol. The van der Waals surface area contributed by atoms with E-state index < -0.39 is 0 Å². The van der Waals surface area contributed by atoms with Gasteiger partial charge in [-0.25, -0.2) is 0 Å². The second-order valence-corrected chi connectivity index (χ2v) is 8.96. The number of anilines is 3. The van der Waals surface area contributed by atoms with Crippen molar-refractivity contribution < 1.29 is 14.4 Å². The second kappa shape index (κ2) is 10.3. The number of amides is 3. The lowest BCUT2D eigenvalue weighted by molar-refractivity contribution is -0.114. The topological polar surface area (TPSA) is 113 Å². The first-order valence-electron chi connectivity index (χ1n) is 8.60. The van der Waals surface area contributed by atoms with Gasteiger partial charge in [0.25, 0.3) is 5.91 Å². The van der Waals surface area contributed by atoms with Crippen molar-refractivity contribution in [2.45, 2.75) is 11.3 Å². The van der Waals surface area contributed by atoms with Crippen molar-refractivity contribution in [1.29, 1.82) is 0 Å². The Morgan fingerprint density at radius 3 is 2.30 bits per heavy atom. The maximum absolute atomic E-state index is 12.3. The van der Waals surface area contributed by atoms with Crippen LogP contribution in [0.3, 0.4) is 0 Å². The number of thioether (sulfide) groups is 1. The van der Waals surface area contributed by atoms with Crippen molar-refractivity contribution in [2.24, 2.45) is 0 Å². The molecule has 0 atom stereocenters. The lowest BCUT2D eigenvalue weighted by atomic mass is 10.2. The number of carbonyl (C=O) groups excluding carboxylic acids is 3. The van der Waals surface area contributed by atoms with E-state index in [1.807, 2.05) is 6.07 Å². The van der Waals surface area contributed by atoms with E-state index in [4.69, 9.17) is 0 Å². The molecule has 1 heterocycles. The Hall–Kier alpha value is -2.76. The molecule has 3 aromatic rings. The number of aromatic nitrogens is 2. The molecule has 3 amide bonds. The number of hydrogen-bond donors (Lipinski definition) is 3. The lowest BCUT2D eigenvalue weighted by Gasteiger charge is -2.06. The first-order valence-corrected chi connectivity index (χ1v) is 11.2. The quantitative estimate of drug-likeness (QED) is 0.326. The highest BCUT2D eigenvalue weighted by atomic mass is 79.9. The van der Waals surface area contributed by atoms with Gasteiger partial charge in [0.1, 0.15) is 0 Å². The maximum Gasteiger partial charge on any atom is 0.258 e. The van der Waals surface area contributed by atoms with Crippen molar-refractivity contribution in [2.75, 3.05) is 21.7 Å². The van der Waals surface area contributed by atoms with E-state index in [1.54, 1.807) is 42.5 Å². The summed E-state index contributed by atoms with van der Waals surface area (Å²) in [5.74, 6) is -0.524. The third-order valence-electron chi connectivity index (χ3n) is 3.56. The van der Waals surface area contributed by atoms with E-state index >= 15 is 0 Å². The predicted molar refractivity (Wildman–Crippen MR) is 122 cm³/mol. The summed E-state index contributed by atoms with van der Waals surface area (Å²) >= 11 is 5.75. The Morgan fingerprint density at radius 2 is 1.63 bits per heavy atom. The fraction of sp³-hybridized carbons (Fsp3) is 0.105. The zero-order valence-electron chi connectivity index (χ0n) is 15.6. The molecule has 0 unspecified atom stereocenters. The third-order valence-corrected chi connectivity index (χ3v) is 6.22. The molecule has 3 rings (SSSR count). The van der Waals surface area contributed by atoms with Crippen LogP contribution in [-0.4, -0.2) is 33.7 Å². The minimum absolute atomic E-state index is 0.139. The highest BCUT2D eigenvalue weighted by Crippen LogP contribution is 2.26. The average molecular weight is 506 g/mol. The van der Waals surface area contributed by atoms with Gasteiger partial charge in [-0.2, -0.15) is 0 Å². The van der Waals surface area contributed by atoms with Crippen LogP contribution in [0, 0.1) is 0 Å². The number of halogens is 1. The minimum atomic E-state index is -0.296. The van der Waals surface area contributed by atoms with E-state index in [9.17, 15) is 14.4 Å². The van der Waals surface area contributed by atoms with E-state index in [2.05, 4.69) is 42.1 Å². The highest BCUT2D eigenvalue weighted by Gasteiger charge is 2.13. The molecule has 30 heavy (non-hydrogen) atoms. The van der Waals surface area contributed by atoms with Gasteiger partial charge in [-0.05, 0) is 52.3 Å². The highest BCUT2D eigenvalue weighted by molar-refractivity contribution is 9.10. The fourth-order valence-corrected chi connectivity index (χ4v) is 4.30. The number of nitrogens with zero attached hydrogens (tertiary/aromatic N) is 2. The van der Waals surface area contributed by atoms with Gasteiger partial charge in [0.15, 0.2) is 4.34 Å². The summed E-state index contributed by atoms with van der Waals surface area (Å²) in [6, 6.07) is 13.9. The summed E-state index contributed by atoms with van der Waals surface area (Å²) in [6.07, 6.45) is 0. The standard InChI is InChI=1S/C19H16BrN5O3S2/c1-11(26)21-12-6-8-13(9-7-12)22-16(27)10-29-19-25-24-18(30-19)23-17(28)14-4-2-3-5-15(14)20/h2-9H,10H2,1H3,(H,21,26)(H,22,27)(H,23,24,28). The number of benzene rings is 2. The van der Waals surface area contributed by atoms with Crippen LogP contribution in [-0.2, 0) is 9.59 Å². The van der Waals surface area contributed by atoms with Crippen molar-refractivity contribution in [3.8, 4) is 0 Å². The van der Waals surface area contributed by atoms with Gasteiger partial charge in [0.2, 0.25) is 16.9 Å². The number of carbonyl (C=O) groups is 3. The summed E-state index contributed by atoms with van der Waals surface area (Å²) in [5.41, 5.74) is 1.76. The molecular formula is C19H16BrN5O3S2. The van der Waals surface area contributed by atoms with Gasteiger partial charge >= 0.3 is 0 Å². The Labute approximate surface area is 189 Å². The van der Waals surface area contributed by atoms with Crippen LogP contribution < -0.4 is 16.0 Å². The summed E-state index contributed by atoms with van der Waals surface area (Å²) in [5, 5.41) is 16.4. The van der Waals surface area contributed by atoms with Crippen molar-refractivity contribution >= 4 is 73.3 Å². The first kappa shape index (κ1) is 21.9. The maximum atomic E-state index is 12.3. The average Bonchev–Trinajstić information content (AvgIpc) is 3.15. The summed E-state index contributed by atoms with van der Waals surface area (Å²) < 4.78 is 1.25. The predicted octanol–water partition coefficient (Wildman–Crippen LogP) is 4.24. The van der Waals surface area contributed by atoms with E-state index in [-0.39, 0.29) is 23.5 Å². The smallest absolute Gasteiger partial charge is 0.258 e. The molecule has 2 aromatic carbocycles. The van der Waals surface area contributed by atoms with Crippen LogP contribution >= 0.6 is 39.0 Å². The van der Waals surface area contributed by atoms with Gasteiger partial charge in [0.05, 0.1) is 11.3 Å². The van der Waals surface area contributed by atoms with Gasteiger partial charge < -0.3 is 10.6 Å². The number of rotatable bonds is 7. The van der Waals surface area contributed by atoms with Crippen molar-refractivity contribution in [3.05, 3.63) is 58.6 Å². The Morgan fingerprint density at radius 1 is 0.967 bits per heavy atom. The Kier molecular flexibility index (Phi) is 7.55. The summed E-state index contributed by atoms with van der Waals surface area (Å²) in [6.45, 7) is 1.43. The van der Waals surface area contributed by atoms with Gasteiger partial charge in [-0.1, -0.05) is 35.2 Å². The van der Waals surface area contributed by atoms with Crippen LogP contribution in [0.4, 0.5) is 16.5 Å². The molecule has 0 aliphatic heterocycles. The molecule has 154 valence electrons. The zero-order valence-corrected chi connectivity index (χ0v) is 18.9. The zero-order chi connectivity index (χ0) is 21.5. The molecule has 0 fully saturated rings. The molecule has 0 aliphatic carbocycles. The number of hydrogen-bond acceptors (Lipinski definition) is 7. The minimum Gasteiger partial charge on any atom is -0.326 e. The Balaban J connectivity index is 1.49. The third kappa shape index (κ3) is 6.37. The largest absolute Gasteiger partial charge is 0.326 e. The Bertz CT molecular complexity index is 1070. The fourth-order valence-electron chi connectivity index (χ4n) is 2.29. The molecule has 0 spiro atoms. The molecule has 1 aromatic heterocycles. The molecule has 0 saturated carbocycles. The van der Waals surface area contributed by atoms with Crippen LogP contribution in [0.15, 0.2) is 57.3 Å². The molecule has 0 saturated heterocycles. The van der Waals surface area contributed by atoms with Gasteiger partial charge in [-0.3, -0.25) is 19.7 Å². The molecule has 0 bridgehead atoms. The molecule has 0 radical (unpaired) electrons. The molecule has 0 aliphatic rings. The molecule has 3 N–H and O–H groups in total. The van der Waals surface area contributed by atoms with Crippen LogP contribution in [0.25, 0.3) is 0 Å². The first-order chi connectivity index (χ1) is 14.4. The second-order valence-electron chi connectivity index (χ2n) is 5.90. The molecule has 8 nitrogen and oxygen atoms in total. The van der Waals surface area contributed by atoms with Crippen LogP contribution in [0.2, 0.25) is 0 Å². The molecular weight excluding hydrogens is 490 g/mol. The van der Waals surface area contributed by atoms with Crippen molar-refractivity contribution in [3.63, 3.8) is 0 Å². The lowest BCUT2D eigenvalue weighted by Crippen LogP contribution is -2.14. The SMILES string of the molecule is CC(=O)Nc1ccc(NC(=O)CSc2nnc(NC(=O)c3ccccc3Br)s2)cc1.